The fourth-order valence-electron chi connectivity index (χ4n) is 1.94. The summed E-state index contributed by atoms with van der Waals surface area (Å²) >= 11 is 0. The number of aliphatic hydroxyl groups is 1. The summed E-state index contributed by atoms with van der Waals surface area (Å²) in [6.07, 6.45) is -0.541. The summed E-state index contributed by atoms with van der Waals surface area (Å²) in [4.78, 5) is 4.40. The number of hydrogen-bond donors (Lipinski definition) is 1. The molecular weight excluding hydrogens is 238 g/mol. The largest absolute Gasteiger partial charge is 0.487 e. The molecule has 19 heavy (non-hydrogen) atoms. The molecule has 100 valence electrons. The van der Waals surface area contributed by atoms with Crippen LogP contribution in [0.2, 0.25) is 0 Å². The van der Waals surface area contributed by atoms with Crippen molar-refractivity contribution in [2.45, 2.75) is 33.5 Å². The first-order chi connectivity index (χ1) is 9.06. The van der Waals surface area contributed by atoms with E-state index in [1.165, 1.54) is 0 Å². The molecule has 0 bridgehead atoms. The molecule has 0 amide bonds. The van der Waals surface area contributed by atoms with Crippen LogP contribution in [0.15, 0.2) is 36.4 Å². The molecule has 0 aliphatic carbocycles. The number of benzene rings is 1. The minimum Gasteiger partial charge on any atom is -0.487 e. The Bertz CT molecular complexity index is 564. The first-order valence-corrected chi connectivity index (χ1v) is 6.40. The fourth-order valence-corrected chi connectivity index (χ4v) is 1.94. The van der Waals surface area contributed by atoms with Crippen molar-refractivity contribution in [2.24, 2.45) is 0 Å². The predicted molar refractivity (Wildman–Crippen MR) is 75.1 cm³/mol. The number of aliphatic hydroxyl groups excluding tert-OH is 1. The zero-order chi connectivity index (χ0) is 13.8. The quantitative estimate of drug-likeness (QED) is 0.913. The Morgan fingerprint density at radius 2 is 2.00 bits per heavy atom. The van der Waals surface area contributed by atoms with Gasteiger partial charge in [-0.15, -0.1) is 0 Å². The van der Waals surface area contributed by atoms with Crippen molar-refractivity contribution < 1.29 is 9.84 Å². The maximum atomic E-state index is 9.74. The van der Waals surface area contributed by atoms with Gasteiger partial charge in [0.25, 0.3) is 0 Å². The van der Waals surface area contributed by atoms with Gasteiger partial charge in [0.05, 0.1) is 11.8 Å². The highest BCUT2D eigenvalue weighted by atomic mass is 16.5. The van der Waals surface area contributed by atoms with Crippen molar-refractivity contribution >= 4 is 0 Å². The lowest BCUT2D eigenvalue weighted by molar-refractivity contribution is 0.189. The standard InChI is InChI=1S/C16H19NO2/c1-11-7-8-15(13(3)18)16(9-11)19-10-14-6-4-5-12(2)17-14/h4-9,13,18H,10H2,1-3H3/t13-/m1/s1. The van der Waals surface area contributed by atoms with E-state index < -0.39 is 6.10 Å². The van der Waals surface area contributed by atoms with Gasteiger partial charge in [-0.1, -0.05) is 18.2 Å². The Kier molecular flexibility index (Phi) is 4.17. The maximum Gasteiger partial charge on any atom is 0.130 e. The van der Waals surface area contributed by atoms with Crippen LogP contribution in [0.25, 0.3) is 0 Å². The first-order valence-electron chi connectivity index (χ1n) is 6.40. The summed E-state index contributed by atoms with van der Waals surface area (Å²) < 4.78 is 5.80. The van der Waals surface area contributed by atoms with Crippen molar-refractivity contribution in [3.05, 3.63) is 58.9 Å². The monoisotopic (exact) mass is 257 g/mol. The Hall–Kier alpha value is -1.87. The van der Waals surface area contributed by atoms with E-state index in [9.17, 15) is 5.11 Å². The van der Waals surface area contributed by atoms with Gasteiger partial charge in [-0.25, -0.2) is 0 Å². The first kappa shape index (κ1) is 13.6. The van der Waals surface area contributed by atoms with E-state index in [0.717, 1.165) is 28.3 Å². The number of aryl methyl sites for hydroxylation is 2. The minimum atomic E-state index is -0.541. The molecule has 0 aliphatic heterocycles. The predicted octanol–water partition coefficient (Wildman–Crippen LogP) is 3.33. The molecule has 1 aromatic carbocycles. The maximum absolute atomic E-state index is 9.74. The van der Waals surface area contributed by atoms with E-state index in [-0.39, 0.29) is 0 Å². The number of pyridine rings is 1. The van der Waals surface area contributed by atoms with Crippen molar-refractivity contribution in [3.8, 4) is 5.75 Å². The summed E-state index contributed by atoms with van der Waals surface area (Å²) in [5.74, 6) is 0.721. The highest BCUT2D eigenvalue weighted by molar-refractivity contribution is 5.38. The van der Waals surface area contributed by atoms with Gasteiger partial charge in [-0.05, 0) is 44.5 Å². The molecule has 0 unspecified atom stereocenters. The molecule has 1 N–H and O–H groups in total. The molecular formula is C16H19NO2. The second-order valence-corrected chi connectivity index (χ2v) is 4.78. The lowest BCUT2D eigenvalue weighted by Gasteiger charge is -2.14. The van der Waals surface area contributed by atoms with E-state index in [1.54, 1.807) is 6.92 Å². The highest BCUT2D eigenvalue weighted by Gasteiger charge is 2.09. The van der Waals surface area contributed by atoms with Crippen molar-refractivity contribution in [1.82, 2.24) is 4.98 Å². The third-order valence-corrected chi connectivity index (χ3v) is 2.94. The van der Waals surface area contributed by atoms with Crippen molar-refractivity contribution in [1.29, 1.82) is 0 Å². The van der Waals surface area contributed by atoms with Gasteiger partial charge in [0.1, 0.15) is 12.4 Å². The van der Waals surface area contributed by atoms with Gasteiger partial charge >= 0.3 is 0 Å². The van der Waals surface area contributed by atoms with Crippen LogP contribution >= 0.6 is 0 Å². The third-order valence-electron chi connectivity index (χ3n) is 2.94. The highest BCUT2D eigenvalue weighted by Crippen LogP contribution is 2.26. The molecule has 0 spiro atoms. The molecule has 3 nitrogen and oxygen atoms in total. The van der Waals surface area contributed by atoms with Crippen molar-refractivity contribution in [3.63, 3.8) is 0 Å². The summed E-state index contributed by atoms with van der Waals surface area (Å²) in [6, 6.07) is 11.7. The number of rotatable bonds is 4. The Balaban J connectivity index is 2.17. The molecule has 0 saturated carbocycles. The lowest BCUT2D eigenvalue weighted by Crippen LogP contribution is -2.03. The van der Waals surface area contributed by atoms with Gasteiger partial charge < -0.3 is 9.84 Å². The summed E-state index contributed by atoms with van der Waals surface area (Å²) in [5, 5.41) is 9.74. The second-order valence-electron chi connectivity index (χ2n) is 4.78. The normalized spacial score (nSPS) is 12.2. The van der Waals surface area contributed by atoms with E-state index in [0.29, 0.717) is 6.61 Å². The van der Waals surface area contributed by atoms with E-state index >= 15 is 0 Å². The molecule has 3 heteroatoms. The summed E-state index contributed by atoms with van der Waals surface area (Å²) in [6.45, 7) is 6.11. The van der Waals surface area contributed by atoms with Gasteiger partial charge in [0.2, 0.25) is 0 Å². The number of hydrogen-bond acceptors (Lipinski definition) is 3. The summed E-state index contributed by atoms with van der Waals surface area (Å²) in [7, 11) is 0. The van der Waals surface area contributed by atoms with E-state index in [1.807, 2.05) is 50.2 Å². The molecule has 0 fully saturated rings. The minimum absolute atomic E-state index is 0.408. The zero-order valence-electron chi connectivity index (χ0n) is 11.6. The topological polar surface area (TPSA) is 42.4 Å². The molecule has 2 aromatic rings. The van der Waals surface area contributed by atoms with Gasteiger partial charge in [-0.2, -0.15) is 0 Å². The number of aromatic nitrogens is 1. The summed E-state index contributed by atoms with van der Waals surface area (Å²) in [5.41, 5.74) is 3.77. The van der Waals surface area contributed by atoms with Gasteiger partial charge in [0.15, 0.2) is 0 Å². The molecule has 0 saturated heterocycles. The van der Waals surface area contributed by atoms with Crippen LogP contribution in [0.3, 0.4) is 0 Å². The van der Waals surface area contributed by atoms with Crippen LogP contribution in [0.1, 0.15) is 35.5 Å². The van der Waals surface area contributed by atoms with E-state index in [2.05, 4.69) is 4.98 Å². The second kappa shape index (κ2) is 5.85. The van der Waals surface area contributed by atoms with Crippen LogP contribution in [0, 0.1) is 13.8 Å². The van der Waals surface area contributed by atoms with Crippen LogP contribution < -0.4 is 4.74 Å². The average Bonchev–Trinajstić information content (AvgIpc) is 2.36. The van der Waals surface area contributed by atoms with Gasteiger partial charge in [-0.3, -0.25) is 4.98 Å². The smallest absolute Gasteiger partial charge is 0.130 e. The third kappa shape index (κ3) is 3.55. The van der Waals surface area contributed by atoms with E-state index in [4.69, 9.17) is 4.74 Å². The van der Waals surface area contributed by atoms with Gasteiger partial charge in [0, 0.05) is 11.3 Å². The Morgan fingerprint density at radius 3 is 2.68 bits per heavy atom. The SMILES string of the molecule is Cc1ccc([C@@H](C)O)c(OCc2cccc(C)n2)c1. The number of ether oxygens (including phenoxy) is 1. The zero-order valence-corrected chi connectivity index (χ0v) is 11.6. The molecule has 1 aromatic heterocycles. The number of nitrogens with zero attached hydrogens (tertiary/aromatic N) is 1. The molecule has 1 atom stereocenters. The van der Waals surface area contributed by atoms with Crippen LogP contribution in [0.5, 0.6) is 5.75 Å². The fraction of sp³-hybridized carbons (Fsp3) is 0.312. The molecule has 0 aliphatic rings. The molecule has 2 rings (SSSR count). The van der Waals surface area contributed by atoms with Crippen LogP contribution in [0.4, 0.5) is 0 Å². The molecule has 1 heterocycles. The van der Waals surface area contributed by atoms with Crippen molar-refractivity contribution in [2.75, 3.05) is 0 Å². The van der Waals surface area contributed by atoms with Crippen LogP contribution in [-0.4, -0.2) is 10.1 Å². The Labute approximate surface area is 113 Å². The van der Waals surface area contributed by atoms with Crippen LogP contribution in [-0.2, 0) is 6.61 Å². The molecule has 0 radical (unpaired) electrons. The lowest BCUT2D eigenvalue weighted by atomic mass is 10.1. The average molecular weight is 257 g/mol. The Morgan fingerprint density at radius 1 is 1.21 bits per heavy atom.